The molecule has 0 atom stereocenters. The number of aryl methyl sites for hydroxylation is 1. The molecule has 0 amide bonds. The van der Waals surface area contributed by atoms with Crippen molar-refractivity contribution in [3.63, 3.8) is 0 Å². The third-order valence-corrected chi connectivity index (χ3v) is 2.74. The summed E-state index contributed by atoms with van der Waals surface area (Å²) in [6.07, 6.45) is 1.32. The first kappa shape index (κ1) is 11.3. The van der Waals surface area contributed by atoms with Crippen molar-refractivity contribution >= 4 is 22.8 Å². The van der Waals surface area contributed by atoms with Gasteiger partial charge in [-0.2, -0.15) is 0 Å². The molecule has 0 aromatic carbocycles. The van der Waals surface area contributed by atoms with Crippen LogP contribution >= 0.6 is 11.3 Å². The van der Waals surface area contributed by atoms with Crippen LogP contribution in [0.15, 0.2) is 16.4 Å². The quantitative estimate of drug-likeness (QED) is 0.617. The molecule has 0 spiro atoms. The van der Waals surface area contributed by atoms with E-state index in [1.54, 1.807) is 12.4 Å². The largest absolute Gasteiger partial charge is 0.357 e. The second-order valence-corrected chi connectivity index (χ2v) is 4.16. The van der Waals surface area contributed by atoms with Crippen LogP contribution in [0, 0.1) is 10.1 Å². The Morgan fingerprint density at radius 1 is 1.71 bits per heavy atom. The molecule has 0 aliphatic heterocycles. The minimum absolute atomic E-state index is 0.0925. The van der Waals surface area contributed by atoms with Crippen molar-refractivity contribution in [1.82, 2.24) is 14.8 Å². The van der Waals surface area contributed by atoms with Crippen LogP contribution in [0.25, 0.3) is 0 Å². The summed E-state index contributed by atoms with van der Waals surface area (Å²) in [4.78, 5) is 23.5. The van der Waals surface area contributed by atoms with Crippen LogP contribution in [0.2, 0.25) is 0 Å². The van der Waals surface area contributed by atoms with Crippen molar-refractivity contribution in [2.24, 2.45) is 7.05 Å². The minimum Gasteiger partial charge on any atom is -0.357 e. The van der Waals surface area contributed by atoms with E-state index in [-0.39, 0.29) is 22.9 Å². The molecule has 0 radical (unpaired) electrons. The zero-order chi connectivity index (χ0) is 12.4. The monoisotopic (exact) mass is 255 g/mol. The zero-order valence-electron chi connectivity index (χ0n) is 8.84. The van der Waals surface area contributed by atoms with Gasteiger partial charge in [-0.25, -0.2) is 0 Å². The highest BCUT2D eigenvalue weighted by atomic mass is 32.1. The molecule has 2 aromatic heterocycles. The lowest BCUT2D eigenvalue weighted by Gasteiger charge is -1.99. The first-order chi connectivity index (χ1) is 8.06. The van der Waals surface area contributed by atoms with E-state index in [2.05, 4.69) is 15.4 Å². The van der Waals surface area contributed by atoms with Crippen molar-refractivity contribution in [1.29, 1.82) is 0 Å². The number of nitro groups is 1. The number of thiazole rings is 1. The number of nitrogens with one attached hydrogen (secondary N) is 2. The molecule has 0 saturated carbocycles. The first-order valence-corrected chi connectivity index (χ1v) is 5.53. The number of anilines is 1. The predicted octanol–water partition coefficient (Wildman–Crippen LogP) is 0.690. The van der Waals surface area contributed by atoms with Gasteiger partial charge in [0.2, 0.25) is 5.82 Å². The van der Waals surface area contributed by atoms with Crippen LogP contribution in [-0.2, 0) is 13.6 Å². The summed E-state index contributed by atoms with van der Waals surface area (Å²) in [5.41, 5.74) is 0.574. The summed E-state index contributed by atoms with van der Waals surface area (Å²) in [6.45, 7) is 0.288. The lowest BCUT2D eigenvalue weighted by atomic mass is 10.4. The van der Waals surface area contributed by atoms with E-state index in [1.165, 1.54) is 10.9 Å². The van der Waals surface area contributed by atoms with Crippen molar-refractivity contribution in [3.8, 4) is 0 Å². The van der Waals surface area contributed by atoms with E-state index in [0.717, 1.165) is 11.3 Å². The summed E-state index contributed by atoms with van der Waals surface area (Å²) >= 11 is 1.04. The molecule has 0 bridgehead atoms. The Kier molecular flexibility index (Phi) is 2.91. The second-order valence-electron chi connectivity index (χ2n) is 3.32. The average Bonchev–Trinajstić information content (AvgIpc) is 2.82. The molecule has 90 valence electrons. The normalized spacial score (nSPS) is 10.4. The lowest BCUT2D eigenvalue weighted by Crippen LogP contribution is -2.04. The molecule has 0 aliphatic carbocycles. The van der Waals surface area contributed by atoms with Gasteiger partial charge in [0.1, 0.15) is 6.20 Å². The van der Waals surface area contributed by atoms with Gasteiger partial charge in [0.05, 0.1) is 11.5 Å². The second kappa shape index (κ2) is 4.37. The maximum absolute atomic E-state index is 10.9. The molecule has 17 heavy (non-hydrogen) atoms. The Balaban J connectivity index is 2.13. The Bertz CT molecular complexity index is 598. The number of nitrogens with zero attached hydrogens (tertiary/aromatic N) is 3. The molecule has 2 aromatic rings. The molecular formula is C8H9N5O3S. The molecule has 9 heteroatoms. The Morgan fingerprint density at radius 3 is 3.06 bits per heavy atom. The van der Waals surface area contributed by atoms with E-state index in [1.807, 2.05) is 0 Å². The first-order valence-electron chi connectivity index (χ1n) is 4.65. The van der Waals surface area contributed by atoms with Crippen LogP contribution in [0.4, 0.5) is 11.5 Å². The lowest BCUT2D eigenvalue weighted by molar-refractivity contribution is -0.384. The van der Waals surface area contributed by atoms with Gasteiger partial charge >= 0.3 is 10.6 Å². The minimum atomic E-state index is -0.508. The molecule has 8 nitrogen and oxygen atoms in total. The average molecular weight is 255 g/mol. The van der Waals surface area contributed by atoms with Gasteiger partial charge in [0.15, 0.2) is 0 Å². The number of aromatic amines is 1. The summed E-state index contributed by atoms with van der Waals surface area (Å²) < 4.78 is 1.36. The summed E-state index contributed by atoms with van der Waals surface area (Å²) in [7, 11) is 1.60. The van der Waals surface area contributed by atoms with Gasteiger partial charge in [0, 0.05) is 18.1 Å². The third kappa shape index (κ3) is 2.50. The van der Waals surface area contributed by atoms with Gasteiger partial charge < -0.3 is 10.3 Å². The molecule has 0 unspecified atom stereocenters. The number of H-pyrrole nitrogens is 1. The summed E-state index contributed by atoms with van der Waals surface area (Å²) in [6, 6.07) is 0. The third-order valence-electron chi connectivity index (χ3n) is 2.02. The number of rotatable bonds is 4. The van der Waals surface area contributed by atoms with Crippen LogP contribution < -0.4 is 10.2 Å². The highest BCUT2D eigenvalue weighted by molar-refractivity contribution is 7.07. The summed E-state index contributed by atoms with van der Waals surface area (Å²) in [5, 5.41) is 19.1. The maximum atomic E-state index is 10.9. The number of hydrogen-bond donors (Lipinski definition) is 2. The molecule has 2 N–H and O–H groups in total. The standard InChI is InChI=1S/C8H9N5O3S/c1-12-3-6(13(15)16)7(11-12)9-2-5-4-17-8(14)10-5/h3-4H,2H2,1H3,(H,9,11)(H,10,14). The Labute approximate surface area is 99.0 Å². The van der Waals surface area contributed by atoms with Crippen molar-refractivity contribution in [2.75, 3.05) is 5.32 Å². The Hall–Kier alpha value is -2.16. The maximum Gasteiger partial charge on any atom is 0.330 e. The molecule has 2 rings (SSSR count). The SMILES string of the molecule is Cn1cc([N+](=O)[O-])c(NCc2csc(=O)[nH]2)n1. The van der Waals surface area contributed by atoms with Gasteiger partial charge in [-0.15, -0.1) is 5.10 Å². The van der Waals surface area contributed by atoms with Crippen LogP contribution in [0.3, 0.4) is 0 Å². The highest BCUT2D eigenvalue weighted by Gasteiger charge is 2.17. The van der Waals surface area contributed by atoms with Crippen LogP contribution in [0.5, 0.6) is 0 Å². The van der Waals surface area contributed by atoms with Gasteiger partial charge in [0.25, 0.3) is 0 Å². The van der Waals surface area contributed by atoms with Gasteiger partial charge in [-0.05, 0) is 0 Å². The van der Waals surface area contributed by atoms with Gasteiger partial charge in [-0.1, -0.05) is 11.3 Å². The zero-order valence-corrected chi connectivity index (χ0v) is 9.65. The number of aromatic nitrogens is 3. The van der Waals surface area contributed by atoms with Crippen molar-refractivity contribution in [3.05, 3.63) is 37.1 Å². The topological polar surface area (TPSA) is 106 Å². The molecular weight excluding hydrogens is 246 g/mol. The van der Waals surface area contributed by atoms with Crippen LogP contribution in [0.1, 0.15) is 5.69 Å². The predicted molar refractivity (Wildman–Crippen MR) is 62.1 cm³/mol. The molecule has 0 aliphatic rings. The van der Waals surface area contributed by atoms with Crippen molar-refractivity contribution in [2.45, 2.75) is 6.54 Å². The molecule has 0 fully saturated rings. The highest BCUT2D eigenvalue weighted by Crippen LogP contribution is 2.21. The molecule has 0 saturated heterocycles. The van der Waals surface area contributed by atoms with E-state index in [4.69, 9.17) is 0 Å². The van der Waals surface area contributed by atoms with E-state index in [9.17, 15) is 14.9 Å². The molecule has 2 heterocycles. The van der Waals surface area contributed by atoms with E-state index < -0.39 is 4.92 Å². The Morgan fingerprint density at radius 2 is 2.47 bits per heavy atom. The fourth-order valence-electron chi connectivity index (χ4n) is 1.31. The number of hydrogen-bond acceptors (Lipinski definition) is 6. The van der Waals surface area contributed by atoms with Crippen LogP contribution in [-0.4, -0.2) is 19.7 Å². The van der Waals surface area contributed by atoms with E-state index in [0.29, 0.717) is 5.69 Å². The smallest absolute Gasteiger partial charge is 0.330 e. The summed E-state index contributed by atoms with van der Waals surface area (Å²) in [5.74, 6) is 0.185. The van der Waals surface area contributed by atoms with E-state index >= 15 is 0 Å². The van der Waals surface area contributed by atoms with Gasteiger partial charge in [-0.3, -0.25) is 19.6 Å². The fraction of sp³-hybridized carbons (Fsp3) is 0.250. The van der Waals surface area contributed by atoms with Crippen molar-refractivity contribution < 1.29 is 4.92 Å². The fourth-order valence-corrected chi connectivity index (χ4v) is 1.90.